The maximum absolute atomic E-state index is 12.6. The molecule has 4 aromatic rings. The van der Waals surface area contributed by atoms with E-state index in [2.05, 4.69) is 10.1 Å². The van der Waals surface area contributed by atoms with E-state index in [1.54, 1.807) is 17.5 Å². The van der Waals surface area contributed by atoms with Crippen molar-refractivity contribution in [2.45, 2.75) is 13.5 Å². The summed E-state index contributed by atoms with van der Waals surface area (Å²) in [6, 6.07) is 9.61. The first-order valence-electron chi connectivity index (χ1n) is 6.60. The molecule has 0 aromatic carbocycles. The lowest BCUT2D eigenvalue weighted by molar-refractivity contribution is 0.606. The van der Waals surface area contributed by atoms with Crippen LogP contribution in [0.15, 0.2) is 46.7 Å². The Hall–Kier alpha value is -2.47. The quantitative estimate of drug-likeness (QED) is 0.571. The Morgan fingerprint density at radius 1 is 1.29 bits per heavy atom. The van der Waals surface area contributed by atoms with Crippen molar-refractivity contribution in [3.63, 3.8) is 0 Å². The smallest absolute Gasteiger partial charge is 0.282 e. The lowest BCUT2D eigenvalue weighted by atomic mass is 10.3. The van der Waals surface area contributed by atoms with Crippen molar-refractivity contribution < 1.29 is 0 Å². The van der Waals surface area contributed by atoms with Gasteiger partial charge < -0.3 is 0 Å². The van der Waals surface area contributed by atoms with Gasteiger partial charge in [-0.3, -0.25) is 14.2 Å². The molecule has 104 valence electrons. The summed E-state index contributed by atoms with van der Waals surface area (Å²) in [5.74, 6) is 0.804. The molecule has 0 amide bonds. The van der Waals surface area contributed by atoms with Gasteiger partial charge in [0.1, 0.15) is 16.2 Å². The van der Waals surface area contributed by atoms with Gasteiger partial charge in [0, 0.05) is 11.6 Å². The minimum Gasteiger partial charge on any atom is -0.282 e. The number of hydrogen-bond acceptors (Lipinski definition) is 4. The Morgan fingerprint density at radius 3 is 3.00 bits per heavy atom. The van der Waals surface area contributed by atoms with E-state index < -0.39 is 0 Å². The molecule has 6 heteroatoms. The Balaban J connectivity index is 1.95. The number of aromatic nitrogens is 4. The molecule has 0 saturated heterocycles. The van der Waals surface area contributed by atoms with Crippen LogP contribution in [0.2, 0.25) is 0 Å². The third-order valence-electron chi connectivity index (χ3n) is 3.49. The highest BCUT2D eigenvalue weighted by molar-refractivity contribution is 7.16. The van der Waals surface area contributed by atoms with Crippen molar-refractivity contribution in [2.75, 3.05) is 0 Å². The van der Waals surface area contributed by atoms with Gasteiger partial charge in [0.15, 0.2) is 0 Å². The summed E-state index contributed by atoms with van der Waals surface area (Å²) in [6.07, 6.45) is 1.72. The van der Waals surface area contributed by atoms with Crippen LogP contribution in [-0.2, 0) is 6.54 Å². The highest BCUT2D eigenvalue weighted by Crippen LogP contribution is 2.24. The molecule has 0 aliphatic heterocycles. The molecule has 21 heavy (non-hydrogen) atoms. The number of thiophene rings is 1. The zero-order chi connectivity index (χ0) is 14.4. The topological polar surface area (TPSA) is 52.2 Å². The Bertz CT molecular complexity index is 997. The predicted molar refractivity (Wildman–Crippen MR) is 82.9 cm³/mol. The van der Waals surface area contributed by atoms with E-state index in [-0.39, 0.29) is 5.56 Å². The fourth-order valence-corrected chi connectivity index (χ4v) is 3.49. The van der Waals surface area contributed by atoms with Crippen LogP contribution >= 0.6 is 11.3 Å². The second-order valence-electron chi connectivity index (χ2n) is 4.88. The van der Waals surface area contributed by atoms with E-state index >= 15 is 0 Å². The van der Waals surface area contributed by atoms with Crippen LogP contribution in [0.3, 0.4) is 0 Å². The summed E-state index contributed by atoms with van der Waals surface area (Å²) >= 11 is 1.62. The molecule has 0 aliphatic carbocycles. The number of fused-ring (bicyclic) bond motifs is 3. The van der Waals surface area contributed by atoms with Crippen molar-refractivity contribution in [2.24, 2.45) is 0 Å². The molecule has 4 heterocycles. The monoisotopic (exact) mass is 296 g/mol. The zero-order valence-electron chi connectivity index (χ0n) is 11.4. The lowest BCUT2D eigenvalue weighted by Gasteiger charge is -2.07. The molecular formula is C15H12N4OS. The summed E-state index contributed by atoms with van der Waals surface area (Å²) in [6.45, 7) is 2.30. The maximum Gasteiger partial charge on any atom is 0.291 e. The zero-order valence-corrected chi connectivity index (χ0v) is 12.2. The van der Waals surface area contributed by atoms with Crippen LogP contribution in [0.25, 0.3) is 15.7 Å². The van der Waals surface area contributed by atoms with Gasteiger partial charge in [-0.25, -0.2) is 4.68 Å². The second kappa shape index (κ2) is 4.53. The van der Waals surface area contributed by atoms with E-state index in [0.29, 0.717) is 12.1 Å². The summed E-state index contributed by atoms with van der Waals surface area (Å²) in [5.41, 5.74) is 1.40. The maximum atomic E-state index is 12.6. The standard InChI is InChI=1S/C15H12N4OS/c1-10-17-18(9-12-4-2-3-6-16-12)14(20)13-8-11-5-7-21-15(11)19(10)13/h2-8H,9H2,1H3. The third kappa shape index (κ3) is 1.87. The minimum absolute atomic E-state index is 0.0883. The number of pyridine rings is 1. The Kier molecular flexibility index (Phi) is 2.65. The van der Waals surface area contributed by atoms with Gasteiger partial charge in [0.25, 0.3) is 5.56 Å². The van der Waals surface area contributed by atoms with E-state index in [9.17, 15) is 4.79 Å². The number of nitrogens with zero attached hydrogens (tertiary/aromatic N) is 4. The fourth-order valence-electron chi connectivity index (χ4n) is 2.55. The van der Waals surface area contributed by atoms with Gasteiger partial charge >= 0.3 is 0 Å². The summed E-state index contributed by atoms with van der Waals surface area (Å²) in [7, 11) is 0. The Labute approximate surface area is 124 Å². The van der Waals surface area contributed by atoms with Gasteiger partial charge in [0.05, 0.1) is 12.2 Å². The summed E-state index contributed by atoms with van der Waals surface area (Å²) < 4.78 is 3.41. The number of rotatable bonds is 2. The third-order valence-corrected chi connectivity index (χ3v) is 4.40. The first-order valence-corrected chi connectivity index (χ1v) is 7.48. The normalized spacial score (nSPS) is 11.5. The Morgan fingerprint density at radius 2 is 2.19 bits per heavy atom. The van der Waals surface area contributed by atoms with Crippen molar-refractivity contribution in [1.82, 2.24) is 19.2 Å². The van der Waals surface area contributed by atoms with Gasteiger partial charge in [-0.2, -0.15) is 5.10 Å². The van der Waals surface area contributed by atoms with Crippen LogP contribution in [0, 0.1) is 6.92 Å². The minimum atomic E-state index is -0.0883. The van der Waals surface area contributed by atoms with Crippen LogP contribution in [0.4, 0.5) is 0 Å². The van der Waals surface area contributed by atoms with E-state index in [4.69, 9.17) is 0 Å². The summed E-state index contributed by atoms with van der Waals surface area (Å²) in [5, 5.41) is 7.54. The molecule has 0 aliphatic rings. The molecule has 0 unspecified atom stereocenters. The predicted octanol–water partition coefficient (Wildman–Crippen LogP) is 2.46. The van der Waals surface area contributed by atoms with Crippen LogP contribution in [0.5, 0.6) is 0 Å². The number of hydrogen-bond donors (Lipinski definition) is 0. The van der Waals surface area contributed by atoms with Gasteiger partial charge in [0.2, 0.25) is 0 Å². The molecule has 0 bridgehead atoms. The van der Waals surface area contributed by atoms with Crippen LogP contribution in [0.1, 0.15) is 11.5 Å². The molecule has 5 nitrogen and oxygen atoms in total. The van der Waals surface area contributed by atoms with Crippen LogP contribution in [-0.4, -0.2) is 19.2 Å². The highest BCUT2D eigenvalue weighted by atomic mass is 32.1. The second-order valence-corrected chi connectivity index (χ2v) is 5.77. The fraction of sp³-hybridized carbons (Fsp3) is 0.133. The van der Waals surface area contributed by atoms with Crippen LogP contribution < -0.4 is 5.56 Å². The van der Waals surface area contributed by atoms with Crippen molar-refractivity contribution in [1.29, 1.82) is 0 Å². The SMILES string of the molecule is Cc1nn(Cc2ccccn2)c(=O)c2cc3ccsc3n12. The van der Waals surface area contributed by atoms with Crippen molar-refractivity contribution >= 4 is 27.1 Å². The first-order chi connectivity index (χ1) is 10.2. The van der Waals surface area contributed by atoms with Crippen molar-refractivity contribution in [3.05, 3.63) is 63.8 Å². The number of aryl methyl sites for hydroxylation is 1. The average molecular weight is 296 g/mol. The van der Waals surface area contributed by atoms with Gasteiger partial charge in [-0.05, 0) is 36.6 Å². The molecule has 4 rings (SSSR count). The molecule has 0 fully saturated rings. The van der Waals surface area contributed by atoms with E-state index in [1.807, 2.05) is 47.0 Å². The van der Waals surface area contributed by atoms with Gasteiger partial charge in [-0.15, -0.1) is 11.3 Å². The molecule has 0 spiro atoms. The average Bonchev–Trinajstić information content (AvgIpc) is 3.06. The van der Waals surface area contributed by atoms with E-state index in [0.717, 1.165) is 21.7 Å². The molecule has 4 aromatic heterocycles. The molecule has 0 radical (unpaired) electrons. The van der Waals surface area contributed by atoms with Gasteiger partial charge in [-0.1, -0.05) is 6.07 Å². The molecule has 0 atom stereocenters. The molecular weight excluding hydrogens is 284 g/mol. The molecule has 0 saturated carbocycles. The highest BCUT2D eigenvalue weighted by Gasteiger charge is 2.13. The summed E-state index contributed by atoms with van der Waals surface area (Å²) in [4.78, 5) is 17.9. The lowest BCUT2D eigenvalue weighted by Crippen LogP contribution is -2.26. The van der Waals surface area contributed by atoms with Crippen molar-refractivity contribution in [3.8, 4) is 0 Å². The first kappa shape index (κ1) is 12.3. The largest absolute Gasteiger partial charge is 0.291 e. The molecule has 0 N–H and O–H groups in total. The van der Waals surface area contributed by atoms with E-state index in [1.165, 1.54) is 4.68 Å².